The Morgan fingerprint density at radius 3 is 2.19 bits per heavy atom. The minimum Gasteiger partial charge on any atom is -0.469 e. The molecule has 3 rings (SSSR count). The van der Waals surface area contributed by atoms with E-state index in [1.807, 2.05) is 33.8 Å². The van der Waals surface area contributed by atoms with Crippen molar-refractivity contribution in [1.29, 1.82) is 5.26 Å². The highest BCUT2D eigenvalue weighted by Gasteiger charge is 2.20. The molecule has 1 aromatic carbocycles. The lowest BCUT2D eigenvalue weighted by atomic mass is 9.89. The highest BCUT2D eigenvalue weighted by atomic mass is 16.5. The van der Waals surface area contributed by atoms with Gasteiger partial charge in [-0.25, -0.2) is 4.79 Å². The van der Waals surface area contributed by atoms with Crippen molar-refractivity contribution in [3.05, 3.63) is 34.2 Å². The van der Waals surface area contributed by atoms with Crippen LogP contribution in [0.1, 0.15) is 65.4 Å². The quantitative estimate of drug-likeness (QED) is 0.729. The maximum atomic E-state index is 10.9. The summed E-state index contributed by atoms with van der Waals surface area (Å²) in [5.41, 5.74) is 1.68. The summed E-state index contributed by atoms with van der Waals surface area (Å²) >= 11 is 0. The SMILES string of the molecule is CC.CC.COC(=O)C1CCCCC1.N#Cc1ccc2[nH]c(=O)[nH]c2c1. The summed E-state index contributed by atoms with van der Waals surface area (Å²) < 4.78 is 4.65. The van der Waals surface area contributed by atoms with E-state index in [1.54, 1.807) is 18.2 Å². The number of rotatable bonds is 1. The van der Waals surface area contributed by atoms with Gasteiger partial charge in [0.1, 0.15) is 0 Å². The zero-order valence-electron chi connectivity index (χ0n) is 16.5. The number of hydrogen-bond acceptors (Lipinski definition) is 4. The summed E-state index contributed by atoms with van der Waals surface area (Å²) in [6.45, 7) is 8.00. The topological polar surface area (TPSA) is 98.7 Å². The second-order valence-corrected chi connectivity index (χ2v) is 5.31. The van der Waals surface area contributed by atoms with Gasteiger partial charge in [-0.05, 0) is 31.0 Å². The van der Waals surface area contributed by atoms with Crippen molar-refractivity contribution in [1.82, 2.24) is 9.97 Å². The number of benzene rings is 1. The number of fused-ring (bicyclic) bond motifs is 1. The van der Waals surface area contributed by atoms with E-state index in [9.17, 15) is 9.59 Å². The predicted molar refractivity (Wildman–Crippen MR) is 105 cm³/mol. The third kappa shape index (κ3) is 7.56. The van der Waals surface area contributed by atoms with Gasteiger partial charge >= 0.3 is 11.7 Å². The van der Waals surface area contributed by atoms with E-state index in [4.69, 9.17) is 5.26 Å². The summed E-state index contributed by atoms with van der Waals surface area (Å²) in [5, 5.41) is 8.55. The Kier molecular flexibility index (Phi) is 12.4. The molecule has 0 atom stereocenters. The average molecular weight is 361 g/mol. The molecule has 1 saturated carbocycles. The van der Waals surface area contributed by atoms with E-state index in [-0.39, 0.29) is 17.6 Å². The van der Waals surface area contributed by atoms with Gasteiger partial charge in [0.05, 0.1) is 35.7 Å². The molecule has 1 aromatic heterocycles. The standard InChI is InChI=1S/C8H5N3O.C8H14O2.2C2H6/c9-4-5-1-2-6-7(3-5)11-8(12)10-6;1-10-8(9)7-5-3-2-4-6-7;2*1-2/h1-3H,(H2,10,11,12);7H,2-6H2,1H3;2*1-2H3. The van der Waals surface area contributed by atoms with Crippen molar-refractivity contribution >= 4 is 17.0 Å². The third-order valence-corrected chi connectivity index (χ3v) is 3.78. The molecule has 0 unspecified atom stereocenters. The number of nitrogens with zero attached hydrogens (tertiary/aromatic N) is 1. The van der Waals surface area contributed by atoms with Gasteiger partial charge in [-0.15, -0.1) is 0 Å². The molecule has 2 N–H and O–H groups in total. The van der Waals surface area contributed by atoms with E-state index in [2.05, 4.69) is 14.7 Å². The van der Waals surface area contributed by atoms with Gasteiger partial charge in [-0.2, -0.15) is 5.26 Å². The van der Waals surface area contributed by atoms with Gasteiger partial charge in [-0.1, -0.05) is 47.0 Å². The molecule has 6 nitrogen and oxygen atoms in total. The Balaban J connectivity index is 0.000000409. The monoisotopic (exact) mass is 361 g/mol. The van der Waals surface area contributed by atoms with Gasteiger partial charge in [-0.3, -0.25) is 4.79 Å². The molecule has 0 radical (unpaired) electrons. The number of ether oxygens (including phenoxy) is 1. The van der Waals surface area contributed by atoms with Crippen molar-refractivity contribution in [3.8, 4) is 6.07 Å². The van der Waals surface area contributed by atoms with Crippen molar-refractivity contribution < 1.29 is 9.53 Å². The maximum absolute atomic E-state index is 10.9. The second kappa shape index (κ2) is 13.7. The lowest BCUT2D eigenvalue weighted by Gasteiger charge is -2.18. The normalized spacial score (nSPS) is 12.9. The van der Waals surface area contributed by atoms with Crippen LogP contribution >= 0.6 is 0 Å². The van der Waals surface area contributed by atoms with Crippen molar-refractivity contribution in [3.63, 3.8) is 0 Å². The molecule has 1 aliphatic carbocycles. The largest absolute Gasteiger partial charge is 0.469 e. The lowest BCUT2D eigenvalue weighted by molar-refractivity contribution is -0.146. The number of carbonyl (C=O) groups excluding carboxylic acids is 1. The summed E-state index contributed by atoms with van der Waals surface area (Å²) in [6, 6.07) is 6.98. The number of H-pyrrole nitrogens is 2. The van der Waals surface area contributed by atoms with Gasteiger partial charge in [0, 0.05) is 0 Å². The number of nitriles is 1. The summed E-state index contributed by atoms with van der Waals surface area (Å²) in [6.07, 6.45) is 5.74. The first-order chi connectivity index (χ1) is 12.6. The Hall–Kier alpha value is -2.55. The van der Waals surface area contributed by atoms with E-state index in [0.29, 0.717) is 11.1 Å². The maximum Gasteiger partial charge on any atom is 0.323 e. The Morgan fingerprint density at radius 2 is 1.65 bits per heavy atom. The Labute approximate surface area is 155 Å². The molecule has 1 aliphatic rings. The fourth-order valence-electron chi connectivity index (χ4n) is 2.61. The van der Waals surface area contributed by atoms with Crippen LogP contribution in [0, 0.1) is 17.2 Å². The van der Waals surface area contributed by atoms with Crippen molar-refractivity contribution in [2.24, 2.45) is 5.92 Å². The minimum atomic E-state index is -0.250. The van der Waals surface area contributed by atoms with Crippen LogP contribution in [0.15, 0.2) is 23.0 Å². The van der Waals surface area contributed by atoms with Crippen LogP contribution in [0.3, 0.4) is 0 Å². The van der Waals surface area contributed by atoms with E-state index < -0.39 is 0 Å². The minimum absolute atomic E-state index is 0.0142. The molecule has 26 heavy (non-hydrogen) atoms. The fraction of sp³-hybridized carbons (Fsp3) is 0.550. The van der Waals surface area contributed by atoms with Crippen LogP contribution in [-0.4, -0.2) is 23.0 Å². The lowest BCUT2D eigenvalue weighted by Crippen LogP contribution is -2.18. The predicted octanol–water partition coefficient (Wildman–Crippen LogP) is 4.52. The van der Waals surface area contributed by atoms with E-state index >= 15 is 0 Å². The van der Waals surface area contributed by atoms with Crippen LogP contribution in [0.25, 0.3) is 11.0 Å². The number of esters is 1. The number of aromatic nitrogens is 2. The fourth-order valence-corrected chi connectivity index (χ4v) is 2.61. The second-order valence-electron chi connectivity index (χ2n) is 5.31. The number of aromatic amines is 2. The Bertz CT molecular complexity index is 735. The summed E-state index contributed by atoms with van der Waals surface area (Å²) in [7, 11) is 1.47. The van der Waals surface area contributed by atoms with Crippen LogP contribution in [0.5, 0.6) is 0 Å². The molecule has 1 fully saturated rings. The van der Waals surface area contributed by atoms with Crippen LogP contribution in [0.4, 0.5) is 0 Å². The molecule has 0 aliphatic heterocycles. The molecule has 0 saturated heterocycles. The molecule has 0 bridgehead atoms. The van der Waals surface area contributed by atoms with E-state index in [0.717, 1.165) is 18.4 Å². The molecule has 0 amide bonds. The number of nitrogens with one attached hydrogen (secondary N) is 2. The first kappa shape index (κ1) is 23.4. The van der Waals surface area contributed by atoms with E-state index in [1.165, 1.54) is 26.4 Å². The highest BCUT2D eigenvalue weighted by molar-refractivity contribution is 5.75. The van der Waals surface area contributed by atoms with Gasteiger partial charge in [0.2, 0.25) is 0 Å². The molecule has 6 heteroatoms. The highest BCUT2D eigenvalue weighted by Crippen LogP contribution is 2.24. The molecule has 144 valence electrons. The first-order valence-electron chi connectivity index (χ1n) is 9.34. The number of methoxy groups -OCH3 is 1. The molecule has 1 heterocycles. The number of carbonyl (C=O) groups is 1. The molecule has 2 aromatic rings. The first-order valence-corrected chi connectivity index (χ1v) is 9.34. The third-order valence-electron chi connectivity index (χ3n) is 3.78. The Morgan fingerprint density at radius 1 is 1.08 bits per heavy atom. The van der Waals surface area contributed by atoms with Crippen molar-refractivity contribution in [2.75, 3.05) is 7.11 Å². The summed E-state index contributed by atoms with van der Waals surface area (Å²) in [5.74, 6) is 0.193. The van der Waals surface area contributed by atoms with Crippen molar-refractivity contribution in [2.45, 2.75) is 59.8 Å². The smallest absolute Gasteiger partial charge is 0.323 e. The van der Waals surface area contributed by atoms with Crippen LogP contribution in [0.2, 0.25) is 0 Å². The van der Waals surface area contributed by atoms with Gasteiger partial charge in [0.15, 0.2) is 0 Å². The van der Waals surface area contributed by atoms with Gasteiger partial charge < -0.3 is 14.7 Å². The van der Waals surface area contributed by atoms with Crippen LogP contribution in [-0.2, 0) is 9.53 Å². The number of imidazole rings is 1. The summed E-state index contributed by atoms with van der Waals surface area (Å²) in [4.78, 5) is 26.9. The van der Waals surface area contributed by atoms with Crippen LogP contribution < -0.4 is 5.69 Å². The molecular weight excluding hydrogens is 330 g/mol. The molecule has 0 spiro atoms. The number of hydrogen-bond donors (Lipinski definition) is 2. The molecular formula is C20H31N3O3. The zero-order chi connectivity index (χ0) is 19.9. The average Bonchev–Trinajstić information content (AvgIpc) is 3.10. The van der Waals surface area contributed by atoms with Gasteiger partial charge in [0.25, 0.3) is 0 Å². The zero-order valence-corrected chi connectivity index (χ0v) is 16.5.